The highest BCUT2D eigenvalue weighted by atomic mass is 16.5. The van der Waals surface area contributed by atoms with Crippen LogP contribution in [0.1, 0.15) is 15.9 Å². The number of carbonyl (C=O) groups is 1. The maximum Gasteiger partial charge on any atom is 0.176 e. The molecule has 0 heterocycles. The molecule has 0 atom stereocenters. The van der Waals surface area contributed by atoms with Crippen LogP contribution in [0.15, 0.2) is 18.2 Å². The molecular weight excluding hydrogens is 180 g/mol. The van der Waals surface area contributed by atoms with Gasteiger partial charge in [-0.1, -0.05) is 0 Å². The Labute approximate surface area is 81.9 Å². The molecule has 2 N–H and O–H groups in total. The topological polar surface area (TPSA) is 76.1 Å². The molecule has 0 saturated carbocycles. The Morgan fingerprint density at radius 3 is 2.86 bits per heavy atom. The van der Waals surface area contributed by atoms with E-state index < -0.39 is 0 Å². The maximum atomic E-state index is 11.2. The number of ketones is 1. The number of rotatable bonds is 3. The van der Waals surface area contributed by atoms with E-state index in [4.69, 9.17) is 15.7 Å². The number of Topliss-reactive ketones (excluding diaryl/α,β-unsaturated/α-hetero) is 1. The summed E-state index contributed by atoms with van der Waals surface area (Å²) in [6.45, 7) is -0.0583. The van der Waals surface area contributed by atoms with Crippen molar-refractivity contribution < 1.29 is 9.53 Å². The number of methoxy groups -OCH3 is 1. The van der Waals surface area contributed by atoms with Crippen molar-refractivity contribution in [1.29, 1.82) is 5.26 Å². The van der Waals surface area contributed by atoms with E-state index >= 15 is 0 Å². The second-order valence-corrected chi connectivity index (χ2v) is 2.65. The van der Waals surface area contributed by atoms with Crippen molar-refractivity contribution >= 4 is 5.78 Å². The molecule has 0 radical (unpaired) electrons. The van der Waals surface area contributed by atoms with Gasteiger partial charge in [0.1, 0.15) is 11.8 Å². The summed E-state index contributed by atoms with van der Waals surface area (Å²) in [6.07, 6.45) is 0. The van der Waals surface area contributed by atoms with Gasteiger partial charge in [-0.05, 0) is 18.2 Å². The average Bonchev–Trinajstić information content (AvgIpc) is 2.26. The fourth-order valence-electron chi connectivity index (χ4n) is 1.09. The smallest absolute Gasteiger partial charge is 0.176 e. The zero-order valence-electron chi connectivity index (χ0n) is 7.78. The molecule has 0 saturated heterocycles. The molecule has 4 nitrogen and oxygen atoms in total. The van der Waals surface area contributed by atoms with Crippen LogP contribution in [0, 0.1) is 11.3 Å². The summed E-state index contributed by atoms with van der Waals surface area (Å²) in [4.78, 5) is 11.2. The van der Waals surface area contributed by atoms with Gasteiger partial charge in [0, 0.05) is 5.56 Å². The predicted molar refractivity (Wildman–Crippen MR) is 51.1 cm³/mol. The standard InChI is InChI=1S/C10H10N2O2/c1-14-10-3-2-7(9(13)6-12)4-8(10)5-11/h2-4H,6,12H2,1H3. The summed E-state index contributed by atoms with van der Waals surface area (Å²) >= 11 is 0. The lowest BCUT2D eigenvalue weighted by molar-refractivity contribution is 0.100. The largest absolute Gasteiger partial charge is 0.495 e. The Balaban J connectivity index is 3.15. The highest BCUT2D eigenvalue weighted by Crippen LogP contribution is 2.18. The van der Waals surface area contributed by atoms with Gasteiger partial charge in [-0.15, -0.1) is 0 Å². The van der Waals surface area contributed by atoms with Gasteiger partial charge in [-0.25, -0.2) is 0 Å². The van der Waals surface area contributed by atoms with Crippen molar-refractivity contribution in [2.24, 2.45) is 5.73 Å². The Morgan fingerprint density at radius 1 is 1.64 bits per heavy atom. The lowest BCUT2D eigenvalue weighted by Crippen LogP contribution is -2.13. The van der Waals surface area contributed by atoms with Gasteiger partial charge < -0.3 is 10.5 Å². The minimum atomic E-state index is -0.191. The van der Waals surface area contributed by atoms with Crippen LogP contribution in [0.25, 0.3) is 0 Å². The molecule has 4 heteroatoms. The van der Waals surface area contributed by atoms with Crippen molar-refractivity contribution in [3.05, 3.63) is 29.3 Å². The normalized spacial score (nSPS) is 9.21. The molecule has 0 unspecified atom stereocenters. The van der Waals surface area contributed by atoms with E-state index in [9.17, 15) is 4.79 Å². The van der Waals surface area contributed by atoms with Crippen molar-refractivity contribution in [2.75, 3.05) is 13.7 Å². The summed E-state index contributed by atoms with van der Waals surface area (Å²) < 4.78 is 4.94. The highest BCUT2D eigenvalue weighted by molar-refractivity contribution is 5.98. The summed E-state index contributed by atoms with van der Waals surface area (Å²) in [7, 11) is 1.47. The van der Waals surface area contributed by atoms with E-state index in [0.717, 1.165) is 0 Å². The Kier molecular flexibility index (Phi) is 3.21. The molecule has 0 aromatic heterocycles. The van der Waals surface area contributed by atoms with Gasteiger partial charge in [0.25, 0.3) is 0 Å². The van der Waals surface area contributed by atoms with Gasteiger partial charge >= 0.3 is 0 Å². The summed E-state index contributed by atoms with van der Waals surface area (Å²) in [5.41, 5.74) is 5.98. The van der Waals surface area contributed by atoms with Crippen LogP contribution in [0.2, 0.25) is 0 Å². The third-order valence-corrected chi connectivity index (χ3v) is 1.83. The van der Waals surface area contributed by atoms with E-state index in [2.05, 4.69) is 0 Å². The number of hydrogen-bond donors (Lipinski definition) is 1. The molecule has 0 spiro atoms. The van der Waals surface area contributed by atoms with E-state index in [1.165, 1.54) is 13.2 Å². The lowest BCUT2D eigenvalue weighted by Gasteiger charge is -2.03. The molecule has 0 aliphatic rings. The first-order valence-electron chi connectivity index (χ1n) is 4.04. The van der Waals surface area contributed by atoms with E-state index in [1.807, 2.05) is 6.07 Å². The number of nitriles is 1. The SMILES string of the molecule is COc1ccc(C(=O)CN)cc1C#N. The van der Waals surface area contributed by atoms with Gasteiger partial charge in [0.15, 0.2) is 5.78 Å². The van der Waals surface area contributed by atoms with Gasteiger partial charge in [-0.3, -0.25) is 4.79 Å². The van der Waals surface area contributed by atoms with Crippen LogP contribution in [0.5, 0.6) is 5.75 Å². The van der Waals surface area contributed by atoms with Crippen LogP contribution in [0.4, 0.5) is 0 Å². The Bertz CT molecular complexity index is 394. The molecule has 1 aromatic rings. The third-order valence-electron chi connectivity index (χ3n) is 1.83. The number of ether oxygens (including phenoxy) is 1. The zero-order valence-corrected chi connectivity index (χ0v) is 7.78. The van der Waals surface area contributed by atoms with Crippen molar-refractivity contribution in [1.82, 2.24) is 0 Å². The Hall–Kier alpha value is -1.86. The second-order valence-electron chi connectivity index (χ2n) is 2.65. The summed E-state index contributed by atoms with van der Waals surface area (Å²) in [5, 5.41) is 8.76. The van der Waals surface area contributed by atoms with E-state index in [1.54, 1.807) is 12.1 Å². The molecule has 14 heavy (non-hydrogen) atoms. The molecule has 0 aliphatic heterocycles. The van der Waals surface area contributed by atoms with E-state index in [0.29, 0.717) is 16.9 Å². The minimum absolute atomic E-state index is 0.0583. The molecule has 72 valence electrons. The molecular formula is C10H10N2O2. The number of nitrogens with zero attached hydrogens (tertiary/aromatic N) is 1. The second kappa shape index (κ2) is 4.40. The monoisotopic (exact) mass is 190 g/mol. The molecule has 0 aliphatic carbocycles. The summed E-state index contributed by atoms with van der Waals surface area (Å²) in [6, 6.07) is 6.60. The van der Waals surface area contributed by atoms with Gasteiger partial charge in [0.2, 0.25) is 0 Å². The van der Waals surface area contributed by atoms with Crippen LogP contribution >= 0.6 is 0 Å². The van der Waals surface area contributed by atoms with Crippen LogP contribution in [-0.4, -0.2) is 19.4 Å². The fourth-order valence-corrected chi connectivity index (χ4v) is 1.09. The minimum Gasteiger partial charge on any atom is -0.495 e. The molecule has 0 bridgehead atoms. The number of hydrogen-bond acceptors (Lipinski definition) is 4. The molecule has 0 amide bonds. The molecule has 1 aromatic carbocycles. The molecule has 0 fully saturated rings. The first-order valence-corrected chi connectivity index (χ1v) is 4.04. The number of carbonyl (C=O) groups excluding carboxylic acids is 1. The van der Waals surface area contributed by atoms with Crippen molar-refractivity contribution in [3.8, 4) is 11.8 Å². The number of benzene rings is 1. The van der Waals surface area contributed by atoms with E-state index in [-0.39, 0.29) is 12.3 Å². The quantitative estimate of drug-likeness (QED) is 0.712. The summed E-state index contributed by atoms with van der Waals surface area (Å²) in [5.74, 6) is 0.269. The average molecular weight is 190 g/mol. The van der Waals surface area contributed by atoms with Crippen LogP contribution < -0.4 is 10.5 Å². The third kappa shape index (κ3) is 1.90. The zero-order chi connectivity index (χ0) is 10.6. The fraction of sp³-hybridized carbons (Fsp3) is 0.200. The lowest BCUT2D eigenvalue weighted by atomic mass is 10.1. The number of nitrogens with two attached hydrogens (primary N) is 1. The molecule has 1 rings (SSSR count). The highest BCUT2D eigenvalue weighted by Gasteiger charge is 2.07. The van der Waals surface area contributed by atoms with Crippen molar-refractivity contribution in [3.63, 3.8) is 0 Å². The Morgan fingerprint density at radius 2 is 2.36 bits per heavy atom. The van der Waals surface area contributed by atoms with Crippen LogP contribution in [-0.2, 0) is 0 Å². The predicted octanol–water partition coefficient (Wildman–Crippen LogP) is 0.708. The first kappa shape index (κ1) is 10.2. The first-order chi connectivity index (χ1) is 6.72. The maximum absolute atomic E-state index is 11.2. The van der Waals surface area contributed by atoms with Gasteiger partial charge in [0.05, 0.1) is 19.2 Å². The van der Waals surface area contributed by atoms with Gasteiger partial charge in [-0.2, -0.15) is 5.26 Å². The van der Waals surface area contributed by atoms with Crippen molar-refractivity contribution in [2.45, 2.75) is 0 Å². The van der Waals surface area contributed by atoms with Crippen LogP contribution in [0.3, 0.4) is 0 Å².